The van der Waals surface area contributed by atoms with Gasteiger partial charge in [0.25, 0.3) is 5.91 Å². The Balaban J connectivity index is 1.84. The molecule has 0 aliphatic rings. The van der Waals surface area contributed by atoms with E-state index >= 15 is 0 Å². The molecule has 2 aromatic rings. The number of rotatable bonds is 7. The van der Waals surface area contributed by atoms with Gasteiger partial charge in [0.15, 0.2) is 18.5 Å². The first-order valence-corrected chi connectivity index (χ1v) is 8.57. The van der Waals surface area contributed by atoms with E-state index in [0.717, 1.165) is 11.1 Å². The van der Waals surface area contributed by atoms with Crippen LogP contribution in [0.2, 0.25) is 0 Å². The van der Waals surface area contributed by atoms with Crippen LogP contribution < -0.4 is 10.1 Å². The minimum atomic E-state index is -0.979. The third-order valence-electron chi connectivity index (χ3n) is 3.79. The Morgan fingerprint density at radius 1 is 1.00 bits per heavy atom. The van der Waals surface area contributed by atoms with Crippen molar-refractivity contribution in [3.8, 4) is 5.75 Å². The largest absolute Gasteiger partial charge is 0.482 e. The minimum Gasteiger partial charge on any atom is -0.482 e. The molecule has 0 fully saturated rings. The lowest BCUT2D eigenvalue weighted by molar-refractivity contribution is -0.155. The molecule has 0 saturated carbocycles. The van der Waals surface area contributed by atoms with Gasteiger partial charge in [-0.25, -0.2) is 4.79 Å². The number of anilines is 1. The van der Waals surface area contributed by atoms with Gasteiger partial charge in [0, 0.05) is 11.3 Å². The topological polar surface area (TPSA) is 81.7 Å². The Bertz CT molecular complexity index is 822. The average molecular weight is 369 g/mol. The van der Waals surface area contributed by atoms with Crippen molar-refractivity contribution < 1.29 is 23.9 Å². The number of carbonyl (C=O) groups is 3. The molecule has 1 N–H and O–H groups in total. The van der Waals surface area contributed by atoms with Crippen LogP contribution in [0.4, 0.5) is 5.69 Å². The molecule has 0 aliphatic heterocycles. The van der Waals surface area contributed by atoms with E-state index in [4.69, 9.17) is 9.47 Å². The highest BCUT2D eigenvalue weighted by molar-refractivity contribution is 5.97. The number of benzene rings is 2. The molecule has 6 heteroatoms. The lowest BCUT2D eigenvalue weighted by Crippen LogP contribution is -2.31. The number of hydrogen-bond acceptors (Lipinski definition) is 5. The number of Topliss-reactive ketones (excluding diaryl/α,β-unsaturated/α-hetero) is 1. The first-order chi connectivity index (χ1) is 12.7. The zero-order valence-electron chi connectivity index (χ0n) is 15.9. The zero-order valence-corrected chi connectivity index (χ0v) is 15.9. The highest BCUT2D eigenvalue weighted by atomic mass is 16.6. The van der Waals surface area contributed by atoms with Gasteiger partial charge in [-0.05, 0) is 75.2 Å². The first-order valence-electron chi connectivity index (χ1n) is 8.57. The molecule has 1 amide bonds. The van der Waals surface area contributed by atoms with Crippen molar-refractivity contribution in [2.75, 3.05) is 11.9 Å². The maximum atomic E-state index is 12.1. The molecular formula is C21H23NO5. The van der Waals surface area contributed by atoms with Crippen LogP contribution >= 0.6 is 0 Å². The van der Waals surface area contributed by atoms with Gasteiger partial charge in [0.1, 0.15) is 5.75 Å². The summed E-state index contributed by atoms with van der Waals surface area (Å²) in [5.41, 5.74) is 3.12. The van der Waals surface area contributed by atoms with Gasteiger partial charge in [-0.1, -0.05) is 6.07 Å². The number of nitrogens with one attached hydrogen (secondary N) is 1. The van der Waals surface area contributed by atoms with Gasteiger partial charge in [0.2, 0.25) is 0 Å². The Labute approximate surface area is 158 Å². The molecule has 1 atom stereocenters. The number of ketones is 1. The molecule has 0 saturated heterocycles. The Morgan fingerprint density at radius 3 is 2.15 bits per heavy atom. The summed E-state index contributed by atoms with van der Waals surface area (Å²) in [6.07, 6.45) is -0.979. The molecule has 2 rings (SSSR count). The number of carbonyl (C=O) groups excluding carboxylic acids is 3. The van der Waals surface area contributed by atoms with Crippen molar-refractivity contribution in [3.63, 3.8) is 0 Å². The van der Waals surface area contributed by atoms with Crippen LogP contribution in [0.3, 0.4) is 0 Å². The van der Waals surface area contributed by atoms with Crippen LogP contribution in [-0.4, -0.2) is 30.4 Å². The van der Waals surface area contributed by atoms with Crippen LogP contribution in [0, 0.1) is 13.8 Å². The summed E-state index contributed by atoms with van der Waals surface area (Å²) < 4.78 is 10.5. The van der Waals surface area contributed by atoms with E-state index in [9.17, 15) is 14.4 Å². The molecule has 27 heavy (non-hydrogen) atoms. The van der Waals surface area contributed by atoms with Gasteiger partial charge in [-0.3, -0.25) is 9.59 Å². The van der Waals surface area contributed by atoms with Crippen molar-refractivity contribution in [1.82, 2.24) is 0 Å². The number of aryl methyl sites for hydroxylation is 2. The number of ether oxygens (including phenoxy) is 2. The smallest absolute Gasteiger partial charge is 0.344 e. The molecular weight excluding hydrogens is 346 g/mol. The van der Waals surface area contributed by atoms with Crippen molar-refractivity contribution in [1.29, 1.82) is 0 Å². The molecule has 6 nitrogen and oxygen atoms in total. The number of amides is 1. The van der Waals surface area contributed by atoms with E-state index in [-0.39, 0.29) is 12.4 Å². The van der Waals surface area contributed by atoms with E-state index in [0.29, 0.717) is 17.0 Å². The normalized spacial score (nSPS) is 11.4. The average Bonchev–Trinajstić information content (AvgIpc) is 2.59. The third-order valence-corrected chi connectivity index (χ3v) is 3.79. The predicted octanol–water partition coefficient (Wildman–Crippen LogP) is 3.46. The summed E-state index contributed by atoms with van der Waals surface area (Å²) in [4.78, 5) is 35.3. The van der Waals surface area contributed by atoms with Gasteiger partial charge in [0.05, 0.1) is 0 Å². The second-order valence-corrected chi connectivity index (χ2v) is 6.37. The summed E-state index contributed by atoms with van der Waals surface area (Å²) >= 11 is 0. The highest BCUT2D eigenvalue weighted by Crippen LogP contribution is 2.16. The number of esters is 1. The van der Waals surface area contributed by atoms with Crippen LogP contribution in [-0.2, 0) is 14.3 Å². The Hall–Kier alpha value is -3.15. The Morgan fingerprint density at radius 2 is 1.59 bits per heavy atom. The molecule has 1 unspecified atom stereocenters. The molecule has 0 heterocycles. The minimum absolute atomic E-state index is 0.0565. The van der Waals surface area contributed by atoms with Crippen LogP contribution in [0.1, 0.15) is 35.3 Å². The molecule has 142 valence electrons. The SMILES string of the molecule is CC(=O)c1ccc(NC(=O)C(C)OC(=O)COc2cc(C)cc(C)c2)cc1. The molecule has 0 bridgehead atoms. The van der Waals surface area contributed by atoms with Crippen molar-refractivity contribution in [2.24, 2.45) is 0 Å². The second kappa shape index (κ2) is 8.98. The standard InChI is InChI=1S/C21H23NO5/c1-13-9-14(2)11-19(10-13)26-12-20(24)27-16(4)21(25)22-18-7-5-17(6-8-18)15(3)23/h5-11,16H,12H2,1-4H3,(H,22,25). The van der Waals surface area contributed by atoms with E-state index in [1.807, 2.05) is 32.0 Å². The predicted molar refractivity (Wildman–Crippen MR) is 102 cm³/mol. The van der Waals surface area contributed by atoms with E-state index in [1.165, 1.54) is 13.8 Å². The quantitative estimate of drug-likeness (QED) is 0.597. The summed E-state index contributed by atoms with van der Waals surface area (Å²) in [6, 6.07) is 12.1. The summed E-state index contributed by atoms with van der Waals surface area (Å²) in [5, 5.41) is 2.63. The monoisotopic (exact) mass is 369 g/mol. The highest BCUT2D eigenvalue weighted by Gasteiger charge is 2.18. The summed E-state index contributed by atoms with van der Waals surface area (Å²) in [6.45, 7) is 6.54. The number of hydrogen-bond donors (Lipinski definition) is 1. The fraction of sp³-hybridized carbons (Fsp3) is 0.286. The zero-order chi connectivity index (χ0) is 20.0. The van der Waals surface area contributed by atoms with Crippen molar-refractivity contribution in [3.05, 3.63) is 59.2 Å². The van der Waals surface area contributed by atoms with Crippen LogP contribution in [0.15, 0.2) is 42.5 Å². The van der Waals surface area contributed by atoms with Crippen LogP contribution in [0.25, 0.3) is 0 Å². The molecule has 0 aromatic heterocycles. The maximum Gasteiger partial charge on any atom is 0.344 e. The molecule has 2 aromatic carbocycles. The lowest BCUT2D eigenvalue weighted by atomic mass is 10.1. The summed E-state index contributed by atoms with van der Waals surface area (Å²) in [7, 11) is 0. The maximum absolute atomic E-state index is 12.1. The fourth-order valence-electron chi connectivity index (χ4n) is 2.48. The van der Waals surface area contributed by atoms with Crippen molar-refractivity contribution >= 4 is 23.3 Å². The first kappa shape index (κ1) is 20.2. The molecule has 0 spiro atoms. The molecule has 0 aliphatic carbocycles. The van der Waals surface area contributed by atoms with Gasteiger partial charge in [-0.15, -0.1) is 0 Å². The van der Waals surface area contributed by atoms with Gasteiger partial charge in [-0.2, -0.15) is 0 Å². The molecule has 0 radical (unpaired) electrons. The van der Waals surface area contributed by atoms with Gasteiger partial charge < -0.3 is 14.8 Å². The van der Waals surface area contributed by atoms with Gasteiger partial charge >= 0.3 is 5.97 Å². The second-order valence-electron chi connectivity index (χ2n) is 6.37. The lowest BCUT2D eigenvalue weighted by Gasteiger charge is -2.14. The van der Waals surface area contributed by atoms with E-state index in [2.05, 4.69) is 5.32 Å². The Kier molecular flexibility index (Phi) is 6.71. The van der Waals surface area contributed by atoms with E-state index < -0.39 is 18.0 Å². The fourth-order valence-corrected chi connectivity index (χ4v) is 2.48. The van der Waals surface area contributed by atoms with Crippen LogP contribution in [0.5, 0.6) is 5.75 Å². The summed E-state index contributed by atoms with van der Waals surface area (Å²) in [5.74, 6) is -0.583. The van der Waals surface area contributed by atoms with Crippen molar-refractivity contribution in [2.45, 2.75) is 33.8 Å². The van der Waals surface area contributed by atoms with E-state index in [1.54, 1.807) is 24.3 Å². The third kappa shape index (κ3) is 6.26.